The van der Waals surface area contributed by atoms with Gasteiger partial charge in [0.05, 0.1) is 6.10 Å². The van der Waals surface area contributed by atoms with Crippen molar-refractivity contribution < 1.29 is 14.3 Å². The first kappa shape index (κ1) is 21.6. The fourth-order valence-electron chi connectivity index (χ4n) is 4.86. The maximum absolute atomic E-state index is 12.8. The molecule has 2 aromatic rings. The summed E-state index contributed by atoms with van der Waals surface area (Å²) in [4.78, 5) is 26.8. The summed E-state index contributed by atoms with van der Waals surface area (Å²) in [6.07, 6.45) is 5.30. The van der Waals surface area contributed by atoms with Crippen LogP contribution in [0.1, 0.15) is 44.1 Å². The van der Waals surface area contributed by atoms with Crippen molar-refractivity contribution in [2.45, 2.75) is 56.6 Å². The van der Waals surface area contributed by atoms with Crippen molar-refractivity contribution in [3.05, 3.63) is 60.2 Å². The van der Waals surface area contributed by atoms with Crippen LogP contribution in [-0.2, 0) is 20.7 Å². The number of amides is 2. The Morgan fingerprint density at radius 3 is 2.35 bits per heavy atom. The zero-order valence-corrected chi connectivity index (χ0v) is 18.3. The van der Waals surface area contributed by atoms with Gasteiger partial charge >= 0.3 is 0 Å². The molecule has 2 aromatic carbocycles. The number of rotatable bonds is 7. The van der Waals surface area contributed by atoms with E-state index in [1.807, 2.05) is 23.1 Å². The number of benzene rings is 2. The van der Waals surface area contributed by atoms with E-state index in [9.17, 15) is 9.59 Å². The zero-order chi connectivity index (χ0) is 21.7. The Morgan fingerprint density at radius 2 is 1.74 bits per heavy atom. The van der Waals surface area contributed by atoms with Gasteiger partial charge in [0.25, 0.3) is 0 Å². The molecule has 1 unspecified atom stereocenters. The van der Waals surface area contributed by atoms with Gasteiger partial charge in [0, 0.05) is 38.6 Å². The summed E-state index contributed by atoms with van der Waals surface area (Å²) in [6, 6.07) is 18.9. The van der Waals surface area contributed by atoms with Crippen LogP contribution in [0.5, 0.6) is 0 Å². The van der Waals surface area contributed by atoms with Gasteiger partial charge in [-0.25, -0.2) is 0 Å². The molecule has 2 aliphatic rings. The summed E-state index contributed by atoms with van der Waals surface area (Å²) in [5, 5.41) is 3.21. The predicted molar refractivity (Wildman–Crippen MR) is 122 cm³/mol. The van der Waals surface area contributed by atoms with Gasteiger partial charge in [-0.05, 0) is 48.8 Å². The van der Waals surface area contributed by atoms with E-state index in [-0.39, 0.29) is 23.5 Å². The number of nitrogens with one attached hydrogen (secondary N) is 1. The Morgan fingerprint density at radius 1 is 1.06 bits per heavy atom. The minimum absolute atomic E-state index is 0.0919. The zero-order valence-electron chi connectivity index (χ0n) is 18.3. The fourth-order valence-corrected chi connectivity index (χ4v) is 4.86. The highest BCUT2D eigenvalue weighted by atomic mass is 16.5. The van der Waals surface area contributed by atoms with E-state index in [1.165, 1.54) is 16.7 Å². The van der Waals surface area contributed by atoms with Crippen molar-refractivity contribution >= 4 is 11.8 Å². The number of carbonyl (C=O) groups excluding carboxylic acids is 2. The highest BCUT2D eigenvalue weighted by molar-refractivity contribution is 5.80. The van der Waals surface area contributed by atoms with Gasteiger partial charge in [0.15, 0.2) is 0 Å². The second-order valence-electron chi connectivity index (χ2n) is 8.88. The molecule has 2 amide bonds. The van der Waals surface area contributed by atoms with Crippen molar-refractivity contribution in [3.8, 4) is 11.1 Å². The lowest BCUT2D eigenvalue weighted by atomic mass is 9.84. The minimum atomic E-state index is -0.328. The molecule has 0 aromatic heterocycles. The molecule has 164 valence electrons. The van der Waals surface area contributed by atoms with Gasteiger partial charge in [-0.1, -0.05) is 54.6 Å². The van der Waals surface area contributed by atoms with Gasteiger partial charge < -0.3 is 15.0 Å². The van der Waals surface area contributed by atoms with E-state index >= 15 is 0 Å². The minimum Gasteiger partial charge on any atom is -0.381 e. The molecule has 0 saturated carbocycles. The number of ether oxygens (including phenoxy) is 1. The largest absolute Gasteiger partial charge is 0.381 e. The summed E-state index contributed by atoms with van der Waals surface area (Å²) >= 11 is 0. The third kappa shape index (κ3) is 5.34. The quantitative estimate of drug-likeness (QED) is 0.738. The molecule has 0 spiro atoms. The van der Waals surface area contributed by atoms with Crippen LogP contribution in [0.3, 0.4) is 0 Å². The monoisotopic (exact) mass is 420 g/mol. The van der Waals surface area contributed by atoms with Gasteiger partial charge in [0.2, 0.25) is 11.8 Å². The van der Waals surface area contributed by atoms with Crippen molar-refractivity contribution in [2.24, 2.45) is 0 Å². The Kier molecular flexibility index (Phi) is 6.71. The Hall–Kier alpha value is -2.66. The molecule has 31 heavy (non-hydrogen) atoms. The maximum Gasteiger partial charge on any atom is 0.222 e. The maximum atomic E-state index is 12.8. The normalized spacial score (nSPS) is 21.8. The van der Waals surface area contributed by atoms with Gasteiger partial charge in [-0.2, -0.15) is 0 Å². The highest BCUT2D eigenvalue weighted by Gasteiger charge is 2.38. The molecule has 4 rings (SSSR count). The van der Waals surface area contributed by atoms with E-state index in [0.717, 1.165) is 38.8 Å². The number of likely N-dealkylation sites (tertiary alicyclic amines) is 1. The van der Waals surface area contributed by atoms with Gasteiger partial charge in [-0.3, -0.25) is 9.59 Å². The van der Waals surface area contributed by atoms with Crippen LogP contribution in [0.25, 0.3) is 11.1 Å². The summed E-state index contributed by atoms with van der Waals surface area (Å²) in [6.45, 7) is 1.52. The molecule has 1 N–H and O–H groups in total. The Labute approximate surface area is 184 Å². The Balaban J connectivity index is 1.39. The first-order valence-electron chi connectivity index (χ1n) is 11.3. The molecule has 5 heteroatoms. The first-order valence-corrected chi connectivity index (χ1v) is 11.3. The summed E-state index contributed by atoms with van der Waals surface area (Å²) in [5.74, 6) is 0.281. The van der Waals surface area contributed by atoms with Crippen molar-refractivity contribution in [1.82, 2.24) is 10.2 Å². The Bertz CT molecular complexity index is 889. The molecule has 1 atom stereocenters. The molecule has 0 radical (unpaired) electrons. The second-order valence-corrected chi connectivity index (χ2v) is 8.88. The number of piperidine rings is 1. The van der Waals surface area contributed by atoms with E-state index in [4.69, 9.17) is 4.74 Å². The molecule has 2 aliphatic heterocycles. The summed E-state index contributed by atoms with van der Waals surface area (Å²) in [7, 11) is 1.74. The lowest BCUT2D eigenvalue weighted by Gasteiger charge is -2.33. The summed E-state index contributed by atoms with van der Waals surface area (Å²) in [5.41, 5.74) is 3.24. The van der Waals surface area contributed by atoms with Crippen molar-refractivity contribution in [1.29, 1.82) is 0 Å². The lowest BCUT2D eigenvalue weighted by molar-refractivity contribution is -0.134. The first-order chi connectivity index (χ1) is 15.1. The molecule has 0 aliphatic carbocycles. The third-order valence-corrected chi connectivity index (χ3v) is 6.78. The number of hydrogen-bond acceptors (Lipinski definition) is 3. The van der Waals surface area contributed by atoms with Crippen LogP contribution in [0, 0.1) is 0 Å². The van der Waals surface area contributed by atoms with Crippen LogP contribution >= 0.6 is 0 Å². The highest BCUT2D eigenvalue weighted by Crippen LogP contribution is 2.31. The van der Waals surface area contributed by atoms with Crippen molar-refractivity contribution in [3.63, 3.8) is 0 Å². The number of methoxy groups -OCH3 is 1. The smallest absolute Gasteiger partial charge is 0.222 e. The summed E-state index contributed by atoms with van der Waals surface area (Å²) < 4.78 is 5.41. The molecule has 2 fully saturated rings. The van der Waals surface area contributed by atoms with E-state index in [0.29, 0.717) is 19.3 Å². The van der Waals surface area contributed by atoms with Crippen LogP contribution in [0.2, 0.25) is 0 Å². The lowest BCUT2D eigenvalue weighted by Crippen LogP contribution is -2.46. The standard InChI is InChI=1S/C26H32N2O3/c1-31-23-13-17-28(18-14-23)25(30)12-16-26(15-11-24(29)27-26)19-20-7-9-22(10-8-20)21-5-3-2-4-6-21/h2-10,23H,11-19H2,1H3,(H,27,29). The van der Waals surface area contributed by atoms with Crippen LogP contribution in [0.15, 0.2) is 54.6 Å². The van der Waals surface area contributed by atoms with Gasteiger partial charge in [-0.15, -0.1) is 0 Å². The molecular weight excluding hydrogens is 388 g/mol. The average Bonchev–Trinajstić information content (AvgIpc) is 3.19. The van der Waals surface area contributed by atoms with Crippen LogP contribution in [-0.4, -0.2) is 48.6 Å². The predicted octanol–water partition coefficient (Wildman–Crippen LogP) is 3.96. The SMILES string of the molecule is COC1CCN(C(=O)CCC2(Cc3ccc(-c4ccccc4)cc3)CCC(=O)N2)CC1. The molecule has 5 nitrogen and oxygen atoms in total. The number of nitrogens with zero attached hydrogens (tertiary/aromatic N) is 1. The number of carbonyl (C=O) groups is 2. The third-order valence-electron chi connectivity index (χ3n) is 6.78. The van der Waals surface area contributed by atoms with Crippen LogP contribution < -0.4 is 5.32 Å². The molecule has 2 heterocycles. The fraction of sp³-hybridized carbons (Fsp3) is 0.462. The molecule has 0 bridgehead atoms. The molecular formula is C26H32N2O3. The van der Waals surface area contributed by atoms with Crippen molar-refractivity contribution in [2.75, 3.05) is 20.2 Å². The second kappa shape index (κ2) is 9.65. The molecule has 2 saturated heterocycles. The average molecular weight is 421 g/mol. The number of hydrogen-bond donors (Lipinski definition) is 1. The topological polar surface area (TPSA) is 58.6 Å². The van der Waals surface area contributed by atoms with Crippen LogP contribution in [0.4, 0.5) is 0 Å². The van der Waals surface area contributed by atoms with Gasteiger partial charge in [0.1, 0.15) is 0 Å². The van der Waals surface area contributed by atoms with E-state index < -0.39 is 0 Å². The van der Waals surface area contributed by atoms with E-state index in [1.54, 1.807) is 7.11 Å². The van der Waals surface area contributed by atoms with E-state index in [2.05, 4.69) is 41.7 Å².